The van der Waals surface area contributed by atoms with Crippen LogP contribution >= 0.6 is 0 Å². The van der Waals surface area contributed by atoms with E-state index >= 15 is 0 Å². The van der Waals surface area contributed by atoms with Crippen molar-refractivity contribution in [2.75, 3.05) is 0 Å². The van der Waals surface area contributed by atoms with Crippen LogP contribution in [0.5, 0.6) is 0 Å². The summed E-state index contributed by atoms with van der Waals surface area (Å²) < 4.78 is 28.3. The third kappa shape index (κ3) is 3.51. The van der Waals surface area contributed by atoms with Gasteiger partial charge in [0, 0.05) is 5.69 Å². The summed E-state index contributed by atoms with van der Waals surface area (Å²) in [6, 6.07) is 0.331. The molecule has 22 heavy (non-hydrogen) atoms. The topological polar surface area (TPSA) is 81.1 Å². The fourth-order valence-corrected chi connectivity index (χ4v) is 4.13. The van der Waals surface area contributed by atoms with Crippen LogP contribution in [0.25, 0.3) is 0 Å². The molecule has 124 valence electrons. The molecule has 0 spiro atoms. The Bertz CT molecular complexity index is 630. The third-order valence-electron chi connectivity index (χ3n) is 4.42. The SMILES string of the molecule is CCCC(C)S(=O)(=O)NC(=O)c1cnn(C2CCCC2)c1C. The standard InChI is InChI=1S/C15H25N3O3S/c1-4-7-11(2)22(20,21)17-15(19)14-10-16-18(12(14)3)13-8-5-6-9-13/h10-11,13H,4-9H2,1-3H3,(H,17,19). The van der Waals surface area contributed by atoms with E-state index in [2.05, 4.69) is 9.82 Å². The molecule has 0 aromatic carbocycles. The number of rotatable bonds is 6. The highest BCUT2D eigenvalue weighted by Crippen LogP contribution is 2.30. The van der Waals surface area contributed by atoms with Gasteiger partial charge in [0.15, 0.2) is 0 Å². The number of nitrogens with one attached hydrogen (secondary N) is 1. The number of sulfonamides is 1. The van der Waals surface area contributed by atoms with Gasteiger partial charge >= 0.3 is 0 Å². The minimum Gasteiger partial charge on any atom is -0.268 e. The highest BCUT2D eigenvalue weighted by molar-refractivity contribution is 7.90. The first-order valence-corrected chi connectivity index (χ1v) is 9.51. The van der Waals surface area contributed by atoms with Crippen molar-refractivity contribution in [3.05, 3.63) is 17.5 Å². The zero-order valence-corrected chi connectivity index (χ0v) is 14.3. The number of aromatic nitrogens is 2. The van der Waals surface area contributed by atoms with Crippen molar-refractivity contribution < 1.29 is 13.2 Å². The van der Waals surface area contributed by atoms with E-state index < -0.39 is 21.2 Å². The fraction of sp³-hybridized carbons (Fsp3) is 0.733. The molecule has 2 rings (SSSR count). The van der Waals surface area contributed by atoms with Gasteiger partial charge in [-0.1, -0.05) is 26.2 Å². The largest absolute Gasteiger partial charge is 0.268 e. The Morgan fingerprint density at radius 1 is 1.45 bits per heavy atom. The summed E-state index contributed by atoms with van der Waals surface area (Å²) in [5.74, 6) is -0.579. The van der Waals surface area contributed by atoms with Gasteiger partial charge in [0.25, 0.3) is 5.91 Å². The Morgan fingerprint density at radius 2 is 2.09 bits per heavy atom. The molecular weight excluding hydrogens is 302 g/mol. The number of hydrogen-bond donors (Lipinski definition) is 1. The number of nitrogens with zero attached hydrogens (tertiary/aromatic N) is 2. The van der Waals surface area contributed by atoms with Gasteiger partial charge in [0.2, 0.25) is 10.0 Å². The van der Waals surface area contributed by atoms with Crippen LogP contribution in [0, 0.1) is 6.92 Å². The van der Waals surface area contributed by atoms with Crippen molar-refractivity contribution in [1.29, 1.82) is 0 Å². The third-order valence-corrected chi connectivity index (χ3v) is 6.18. The molecule has 1 atom stereocenters. The molecule has 1 heterocycles. The minimum atomic E-state index is -3.63. The maximum Gasteiger partial charge on any atom is 0.268 e. The fourth-order valence-electron chi connectivity index (χ4n) is 3.01. The zero-order valence-electron chi connectivity index (χ0n) is 13.5. The van der Waals surface area contributed by atoms with Gasteiger partial charge in [0.05, 0.1) is 23.1 Å². The summed E-state index contributed by atoms with van der Waals surface area (Å²) in [6.07, 6.45) is 7.24. The minimum absolute atomic E-state index is 0.331. The van der Waals surface area contributed by atoms with Crippen molar-refractivity contribution in [1.82, 2.24) is 14.5 Å². The molecule has 0 saturated heterocycles. The zero-order chi connectivity index (χ0) is 16.3. The second-order valence-corrected chi connectivity index (χ2v) is 8.20. The molecule has 1 N–H and O–H groups in total. The van der Waals surface area contributed by atoms with Crippen LogP contribution in [0.4, 0.5) is 0 Å². The normalized spacial score (nSPS) is 17.6. The quantitative estimate of drug-likeness (QED) is 0.870. The first-order chi connectivity index (χ1) is 10.4. The first kappa shape index (κ1) is 17.0. The lowest BCUT2D eigenvalue weighted by Gasteiger charge is -2.14. The summed E-state index contributed by atoms with van der Waals surface area (Å²) in [5, 5.41) is 3.71. The maximum absolute atomic E-state index is 12.3. The molecular formula is C15H25N3O3S. The Kier molecular flexibility index (Phi) is 5.26. The molecule has 1 aliphatic rings. The molecule has 7 heteroatoms. The molecule has 0 bridgehead atoms. The summed E-state index contributed by atoms with van der Waals surface area (Å²) in [6.45, 7) is 5.36. The van der Waals surface area contributed by atoms with E-state index in [9.17, 15) is 13.2 Å². The summed E-state index contributed by atoms with van der Waals surface area (Å²) >= 11 is 0. The van der Waals surface area contributed by atoms with Gasteiger partial charge < -0.3 is 0 Å². The smallest absolute Gasteiger partial charge is 0.268 e. The highest BCUT2D eigenvalue weighted by Gasteiger charge is 2.26. The molecule has 1 saturated carbocycles. The number of amides is 1. The second-order valence-electron chi connectivity index (χ2n) is 6.10. The average Bonchev–Trinajstić information content (AvgIpc) is 3.07. The molecule has 1 aromatic rings. The average molecular weight is 327 g/mol. The van der Waals surface area contributed by atoms with Crippen molar-refractivity contribution in [3.8, 4) is 0 Å². The number of carbonyl (C=O) groups excluding carboxylic acids is 1. The van der Waals surface area contributed by atoms with Crippen molar-refractivity contribution in [2.24, 2.45) is 0 Å². The molecule has 1 aliphatic carbocycles. The van der Waals surface area contributed by atoms with E-state index in [1.807, 2.05) is 18.5 Å². The van der Waals surface area contributed by atoms with Crippen LogP contribution in [-0.2, 0) is 10.0 Å². The molecule has 1 unspecified atom stereocenters. The predicted molar refractivity (Wildman–Crippen MR) is 85.2 cm³/mol. The number of carbonyl (C=O) groups is 1. The van der Waals surface area contributed by atoms with Gasteiger partial charge in [-0.25, -0.2) is 13.1 Å². The van der Waals surface area contributed by atoms with Gasteiger partial charge in [-0.05, 0) is 33.1 Å². The van der Waals surface area contributed by atoms with Crippen molar-refractivity contribution in [3.63, 3.8) is 0 Å². The molecule has 1 amide bonds. The lowest BCUT2D eigenvalue weighted by Crippen LogP contribution is -2.37. The van der Waals surface area contributed by atoms with Crippen molar-refractivity contribution in [2.45, 2.75) is 70.6 Å². The summed E-state index contributed by atoms with van der Waals surface area (Å²) in [5.41, 5.74) is 1.09. The second kappa shape index (κ2) is 6.81. The van der Waals surface area contributed by atoms with Gasteiger partial charge in [0.1, 0.15) is 0 Å². The van der Waals surface area contributed by atoms with E-state index in [0.717, 1.165) is 25.0 Å². The predicted octanol–water partition coefficient (Wildman–Crippen LogP) is 2.55. The van der Waals surface area contributed by atoms with Crippen LogP contribution < -0.4 is 4.72 Å². The van der Waals surface area contributed by atoms with E-state index in [1.54, 1.807) is 6.92 Å². The highest BCUT2D eigenvalue weighted by atomic mass is 32.2. The molecule has 1 aromatic heterocycles. The van der Waals surface area contributed by atoms with E-state index in [0.29, 0.717) is 18.0 Å². The van der Waals surface area contributed by atoms with Crippen LogP contribution in [-0.4, -0.2) is 29.4 Å². The monoisotopic (exact) mass is 327 g/mol. The summed E-state index contributed by atoms with van der Waals surface area (Å²) in [4.78, 5) is 12.3. The van der Waals surface area contributed by atoms with Crippen LogP contribution in [0.2, 0.25) is 0 Å². The molecule has 0 aliphatic heterocycles. The van der Waals surface area contributed by atoms with Gasteiger partial charge in [-0.15, -0.1) is 0 Å². The van der Waals surface area contributed by atoms with Crippen LogP contribution in [0.3, 0.4) is 0 Å². The van der Waals surface area contributed by atoms with Crippen molar-refractivity contribution >= 4 is 15.9 Å². The molecule has 1 fully saturated rings. The Labute approximate surface area is 132 Å². The molecule has 6 nitrogen and oxygen atoms in total. The lowest BCUT2D eigenvalue weighted by molar-refractivity contribution is 0.0980. The van der Waals surface area contributed by atoms with E-state index in [1.165, 1.54) is 19.0 Å². The van der Waals surface area contributed by atoms with Crippen LogP contribution in [0.1, 0.15) is 74.5 Å². The summed E-state index contributed by atoms with van der Waals surface area (Å²) in [7, 11) is -3.63. The maximum atomic E-state index is 12.3. The lowest BCUT2D eigenvalue weighted by atomic mass is 10.2. The van der Waals surface area contributed by atoms with E-state index in [-0.39, 0.29) is 0 Å². The Balaban J connectivity index is 2.13. The number of hydrogen-bond acceptors (Lipinski definition) is 4. The Hall–Kier alpha value is -1.37. The van der Waals surface area contributed by atoms with E-state index in [4.69, 9.17) is 0 Å². The van der Waals surface area contributed by atoms with Crippen LogP contribution in [0.15, 0.2) is 6.20 Å². The molecule has 0 radical (unpaired) electrons. The van der Waals surface area contributed by atoms with Gasteiger partial charge in [-0.2, -0.15) is 5.10 Å². The van der Waals surface area contributed by atoms with Gasteiger partial charge in [-0.3, -0.25) is 9.48 Å². The Morgan fingerprint density at radius 3 is 2.68 bits per heavy atom. The first-order valence-electron chi connectivity index (χ1n) is 7.97.